The lowest BCUT2D eigenvalue weighted by atomic mass is 9.91. The molecule has 1 aromatic carbocycles. The Balaban J connectivity index is 1.72. The third kappa shape index (κ3) is 2.81. The molecule has 1 saturated carbocycles. The average molecular weight is 279 g/mol. The highest BCUT2D eigenvalue weighted by molar-refractivity contribution is 6.30. The number of halogens is 1. The summed E-state index contributed by atoms with van der Waals surface area (Å²) < 4.78 is 0. The van der Waals surface area contributed by atoms with Crippen molar-refractivity contribution < 1.29 is 0 Å². The molecule has 2 atom stereocenters. The predicted molar refractivity (Wildman–Crippen MR) is 80.6 cm³/mol. The minimum absolute atomic E-state index is 0.318. The van der Waals surface area contributed by atoms with Crippen LogP contribution in [0.25, 0.3) is 0 Å². The summed E-state index contributed by atoms with van der Waals surface area (Å²) in [5.41, 5.74) is 1.68. The number of hydrogen-bond acceptors (Lipinski definition) is 2. The Kier molecular flexibility index (Phi) is 3.59. The minimum atomic E-state index is 0.318. The van der Waals surface area contributed by atoms with E-state index in [0.717, 1.165) is 30.6 Å². The standard InChI is InChI=1S/C16H23ClN2/c1-12(13-3-7-15(17)8-4-13)19-10-9-18-16(2,11-19)14-5-6-14/h3-4,7-8,12,14,18H,5-6,9-11H2,1-2H3. The van der Waals surface area contributed by atoms with Crippen LogP contribution in [0.2, 0.25) is 5.02 Å². The lowest BCUT2D eigenvalue weighted by molar-refractivity contribution is 0.0946. The topological polar surface area (TPSA) is 15.3 Å². The number of nitrogens with zero attached hydrogens (tertiary/aromatic N) is 1. The molecular weight excluding hydrogens is 256 g/mol. The maximum Gasteiger partial charge on any atom is 0.0406 e. The molecule has 1 saturated heterocycles. The maximum atomic E-state index is 5.97. The number of piperazine rings is 1. The van der Waals surface area contributed by atoms with Crippen LogP contribution in [-0.4, -0.2) is 30.1 Å². The normalized spacial score (nSPS) is 30.3. The van der Waals surface area contributed by atoms with E-state index in [2.05, 4.69) is 36.2 Å². The van der Waals surface area contributed by atoms with Crippen molar-refractivity contribution in [3.05, 3.63) is 34.9 Å². The summed E-state index contributed by atoms with van der Waals surface area (Å²) in [6, 6.07) is 8.77. The van der Waals surface area contributed by atoms with Gasteiger partial charge < -0.3 is 5.32 Å². The van der Waals surface area contributed by atoms with Gasteiger partial charge >= 0.3 is 0 Å². The van der Waals surface area contributed by atoms with Crippen LogP contribution in [0.5, 0.6) is 0 Å². The van der Waals surface area contributed by atoms with E-state index < -0.39 is 0 Å². The lowest BCUT2D eigenvalue weighted by Gasteiger charge is -2.44. The van der Waals surface area contributed by atoms with Crippen LogP contribution < -0.4 is 5.32 Å². The summed E-state index contributed by atoms with van der Waals surface area (Å²) in [6.45, 7) is 8.09. The SMILES string of the molecule is CC(c1ccc(Cl)cc1)N1CCNC(C)(C2CC2)C1. The Morgan fingerprint density at radius 2 is 2.00 bits per heavy atom. The van der Waals surface area contributed by atoms with Crippen molar-refractivity contribution in [3.8, 4) is 0 Å². The quantitative estimate of drug-likeness (QED) is 0.911. The maximum absolute atomic E-state index is 5.97. The van der Waals surface area contributed by atoms with Crippen LogP contribution in [0, 0.1) is 5.92 Å². The Hall–Kier alpha value is -0.570. The molecular formula is C16H23ClN2. The molecule has 1 N–H and O–H groups in total. The van der Waals surface area contributed by atoms with Crippen molar-refractivity contribution in [1.29, 1.82) is 0 Å². The largest absolute Gasteiger partial charge is 0.309 e. The van der Waals surface area contributed by atoms with Crippen LogP contribution >= 0.6 is 11.6 Å². The molecule has 3 rings (SSSR count). The van der Waals surface area contributed by atoms with E-state index in [1.807, 2.05) is 12.1 Å². The third-order valence-electron chi connectivity index (χ3n) is 4.84. The van der Waals surface area contributed by atoms with E-state index in [4.69, 9.17) is 11.6 Å². The third-order valence-corrected chi connectivity index (χ3v) is 5.09. The van der Waals surface area contributed by atoms with Crippen molar-refractivity contribution in [2.45, 2.75) is 38.3 Å². The second kappa shape index (κ2) is 5.08. The van der Waals surface area contributed by atoms with Gasteiger partial charge in [0.05, 0.1) is 0 Å². The van der Waals surface area contributed by atoms with Gasteiger partial charge in [-0.25, -0.2) is 0 Å². The molecule has 1 aliphatic carbocycles. The Morgan fingerprint density at radius 1 is 1.32 bits per heavy atom. The molecule has 1 heterocycles. The van der Waals surface area contributed by atoms with Gasteiger partial charge in [-0.05, 0) is 50.3 Å². The fourth-order valence-electron chi connectivity index (χ4n) is 3.32. The first-order valence-electron chi connectivity index (χ1n) is 7.33. The highest BCUT2D eigenvalue weighted by Gasteiger charge is 2.44. The van der Waals surface area contributed by atoms with Gasteiger partial charge in [-0.2, -0.15) is 0 Å². The summed E-state index contributed by atoms with van der Waals surface area (Å²) in [6.07, 6.45) is 2.79. The highest BCUT2D eigenvalue weighted by Crippen LogP contribution is 2.41. The first-order valence-corrected chi connectivity index (χ1v) is 7.71. The van der Waals surface area contributed by atoms with Crippen LogP contribution in [-0.2, 0) is 0 Å². The Morgan fingerprint density at radius 3 is 2.63 bits per heavy atom. The van der Waals surface area contributed by atoms with Gasteiger partial charge in [0.2, 0.25) is 0 Å². The lowest BCUT2D eigenvalue weighted by Crippen LogP contribution is -2.60. The molecule has 0 bridgehead atoms. The van der Waals surface area contributed by atoms with Crippen molar-refractivity contribution in [2.75, 3.05) is 19.6 Å². The van der Waals surface area contributed by atoms with E-state index in [0.29, 0.717) is 11.6 Å². The van der Waals surface area contributed by atoms with Gasteiger partial charge in [-0.15, -0.1) is 0 Å². The van der Waals surface area contributed by atoms with Crippen molar-refractivity contribution >= 4 is 11.6 Å². The van der Waals surface area contributed by atoms with Gasteiger partial charge in [0.15, 0.2) is 0 Å². The van der Waals surface area contributed by atoms with E-state index in [1.54, 1.807) is 0 Å². The molecule has 0 spiro atoms. The van der Waals surface area contributed by atoms with Crippen LogP contribution in [0.1, 0.15) is 38.3 Å². The molecule has 0 amide bonds. The summed E-state index contributed by atoms with van der Waals surface area (Å²) in [7, 11) is 0. The fourth-order valence-corrected chi connectivity index (χ4v) is 3.44. The first-order chi connectivity index (χ1) is 9.08. The Bertz CT molecular complexity index is 441. The van der Waals surface area contributed by atoms with E-state index in [9.17, 15) is 0 Å². The zero-order valence-corrected chi connectivity index (χ0v) is 12.6. The van der Waals surface area contributed by atoms with Gasteiger partial charge in [-0.3, -0.25) is 4.90 Å². The first kappa shape index (κ1) is 13.4. The molecule has 0 aromatic heterocycles. The monoisotopic (exact) mass is 278 g/mol. The van der Waals surface area contributed by atoms with E-state index >= 15 is 0 Å². The van der Waals surface area contributed by atoms with Crippen molar-refractivity contribution in [2.24, 2.45) is 5.92 Å². The molecule has 2 nitrogen and oxygen atoms in total. The molecule has 2 unspecified atom stereocenters. The summed E-state index contributed by atoms with van der Waals surface area (Å²) in [5.74, 6) is 0.882. The second-order valence-corrected chi connectivity index (χ2v) is 6.75. The van der Waals surface area contributed by atoms with Crippen LogP contribution in [0.15, 0.2) is 24.3 Å². The van der Waals surface area contributed by atoms with Crippen molar-refractivity contribution in [3.63, 3.8) is 0 Å². The summed E-state index contributed by atoms with van der Waals surface area (Å²) in [5, 5.41) is 4.56. The fraction of sp³-hybridized carbons (Fsp3) is 0.625. The minimum Gasteiger partial charge on any atom is -0.309 e. The van der Waals surface area contributed by atoms with Crippen LogP contribution in [0.3, 0.4) is 0 Å². The molecule has 3 heteroatoms. The molecule has 104 valence electrons. The van der Waals surface area contributed by atoms with Gasteiger partial charge in [0.1, 0.15) is 0 Å². The molecule has 1 aromatic rings. The number of benzene rings is 1. The average Bonchev–Trinajstić information content (AvgIpc) is 3.23. The van der Waals surface area contributed by atoms with Gasteiger partial charge in [0.25, 0.3) is 0 Å². The summed E-state index contributed by atoms with van der Waals surface area (Å²) in [4.78, 5) is 2.61. The van der Waals surface area contributed by atoms with E-state index in [-0.39, 0.29) is 0 Å². The number of nitrogens with one attached hydrogen (secondary N) is 1. The van der Waals surface area contributed by atoms with E-state index in [1.165, 1.54) is 18.4 Å². The van der Waals surface area contributed by atoms with Crippen molar-refractivity contribution in [1.82, 2.24) is 10.2 Å². The molecule has 19 heavy (non-hydrogen) atoms. The zero-order chi connectivity index (χ0) is 13.5. The molecule has 0 radical (unpaired) electrons. The number of hydrogen-bond donors (Lipinski definition) is 1. The predicted octanol–water partition coefficient (Wildman–Crippen LogP) is 3.47. The molecule has 1 aliphatic heterocycles. The highest BCUT2D eigenvalue weighted by atomic mass is 35.5. The smallest absolute Gasteiger partial charge is 0.0406 e. The van der Waals surface area contributed by atoms with Gasteiger partial charge in [-0.1, -0.05) is 23.7 Å². The number of rotatable bonds is 3. The Labute approximate surface area is 121 Å². The van der Waals surface area contributed by atoms with Gasteiger partial charge in [0, 0.05) is 36.2 Å². The zero-order valence-electron chi connectivity index (χ0n) is 11.8. The second-order valence-electron chi connectivity index (χ2n) is 6.32. The summed E-state index contributed by atoms with van der Waals surface area (Å²) >= 11 is 5.97. The molecule has 2 fully saturated rings. The van der Waals surface area contributed by atoms with Crippen LogP contribution in [0.4, 0.5) is 0 Å². The molecule has 2 aliphatic rings.